The lowest BCUT2D eigenvalue weighted by Gasteiger charge is -2.05. The summed E-state index contributed by atoms with van der Waals surface area (Å²) in [5, 5.41) is 0. The topological polar surface area (TPSA) is 17.1 Å². The molecule has 0 bridgehead atoms. The van der Waals surface area contributed by atoms with E-state index in [2.05, 4.69) is 31.2 Å². The molecular weight excluding hydrogens is 312 g/mol. The van der Waals surface area contributed by atoms with E-state index in [9.17, 15) is 4.79 Å². The van der Waals surface area contributed by atoms with Crippen LogP contribution in [0.25, 0.3) is 0 Å². The Bertz CT molecular complexity index is 790. The third-order valence-electron chi connectivity index (χ3n) is 3.85. The number of carbonyl (C=O) groups excluding carboxylic acids is 1. The van der Waals surface area contributed by atoms with Crippen molar-refractivity contribution >= 4 is 17.5 Å². The molecule has 0 aliphatic rings. The van der Waals surface area contributed by atoms with E-state index in [1.54, 1.807) is 11.8 Å². The number of carbonyl (C=O) groups is 1. The summed E-state index contributed by atoms with van der Waals surface area (Å²) >= 11 is 1.72. The van der Waals surface area contributed by atoms with Gasteiger partial charge in [0.1, 0.15) is 0 Å². The van der Waals surface area contributed by atoms with Gasteiger partial charge in [-0.25, -0.2) is 0 Å². The van der Waals surface area contributed by atoms with Gasteiger partial charge in [-0.2, -0.15) is 0 Å². The molecule has 3 aromatic carbocycles. The molecule has 0 unspecified atom stereocenters. The standard InChI is InChI=1S/C22H20OS/c1-2-6-17-9-13-20(14-10-17)24-21-15-11-19(12-16-21)22(23)18-7-4-3-5-8-18/h3-5,7-16H,2,6H2,1H3. The van der Waals surface area contributed by atoms with Crippen LogP contribution in [-0.2, 0) is 6.42 Å². The Labute approximate surface area is 147 Å². The summed E-state index contributed by atoms with van der Waals surface area (Å²) in [6, 6.07) is 26.0. The molecule has 0 spiro atoms. The predicted octanol–water partition coefficient (Wildman–Crippen LogP) is 6.02. The third kappa shape index (κ3) is 4.15. The number of benzene rings is 3. The largest absolute Gasteiger partial charge is 0.289 e. The molecule has 0 aliphatic carbocycles. The van der Waals surface area contributed by atoms with Crippen LogP contribution in [0.1, 0.15) is 34.8 Å². The molecule has 3 rings (SSSR count). The smallest absolute Gasteiger partial charge is 0.193 e. The minimum absolute atomic E-state index is 0.0658. The van der Waals surface area contributed by atoms with Crippen molar-refractivity contribution in [3.8, 4) is 0 Å². The Kier molecular flexibility index (Phi) is 5.50. The molecule has 3 aromatic rings. The molecule has 0 saturated heterocycles. The molecule has 0 heterocycles. The van der Waals surface area contributed by atoms with Crippen molar-refractivity contribution in [1.29, 1.82) is 0 Å². The van der Waals surface area contributed by atoms with Crippen LogP contribution in [0.5, 0.6) is 0 Å². The maximum Gasteiger partial charge on any atom is 0.193 e. The second-order valence-corrected chi connectivity index (χ2v) is 6.86. The highest BCUT2D eigenvalue weighted by Gasteiger charge is 2.08. The summed E-state index contributed by atoms with van der Waals surface area (Å²) in [6.45, 7) is 2.20. The van der Waals surface area contributed by atoms with Gasteiger partial charge in [-0.3, -0.25) is 4.79 Å². The molecule has 0 saturated carbocycles. The second kappa shape index (κ2) is 7.98. The van der Waals surface area contributed by atoms with E-state index in [1.807, 2.05) is 54.6 Å². The average molecular weight is 332 g/mol. The van der Waals surface area contributed by atoms with Gasteiger partial charge >= 0.3 is 0 Å². The fourth-order valence-electron chi connectivity index (χ4n) is 2.58. The van der Waals surface area contributed by atoms with Gasteiger partial charge in [-0.1, -0.05) is 67.6 Å². The molecule has 0 fully saturated rings. The molecule has 120 valence electrons. The number of ketones is 1. The fourth-order valence-corrected chi connectivity index (χ4v) is 3.40. The first-order valence-electron chi connectivity index (χ1n) is 8.23. The molecule has 1 nitrogen and oxygen atoms in total. The molecule has 0 N–H and O–H groups in total. The second-order valence-electron chi connectivity index (χ2n) is 5.72. The van der Waals surface area contributed by atoms with Gasteiger partial charge in [0.05, 0.1) is 0 Å². The highest BCUT2D eigenvalue weighted by atomic mass is 32.2. The first kappa shape index (κ1) is 16.5. The van der Waals surface area contributed by atoms with E-state index in [0.29, 0.717) is 0 Å². The van der Waals surface area contributed by atoms with Crippen LogP contribution < -0.4 is 0 Å². The van der Waals surface area contributed by atoms with Crippen molar-refractivity contribution in [2.24, 2.45) is 0 Å². The summed E-state index contributed by atoms with van der Waals surface area (Å²) in [7, 11) is 0. The maximum absolute atomic E-state index is 12.4. The average Bonchev–Trinajstić information content (AvgIpc) is 2.64. The molecule has 0 aromatic heterocycles. The van der Waals surface area contributed by atoms with Crippen molar-refractivity contribution in [3.05, 3.63) is 95.6 Å². The van der Waals surface area contributed by atoms with E-state index in [0.717, 1.165) is 22.4 Å². The van der Waals surface area contributed by atoms with Crippen LogP contribution in [0.15, 0.2) is 88.7 Å². The first-order valence-corrected chi connectivity index (χ1v) is 9.04. The molecule has 24 heavy (non-hydrogen) atoms. The number of aryl methyl sites for hydroxylation is 1. The van der Waals surface area contributed by atoms with Crippen molar-refractivity contribution in [2.75, 3.05) is 0 Å². The van der Waals surface area contributed by atoms with E-state index < -0.39 is 0 Å². The summed E-state index contributed by atoms with van der Waals surface area (Å²) in [4.78, 5) is 14.8. The zero-order chi connectivity index (χ0) is 16.8. The molecule has 0 aliphatic heterocycles. The van der Waals surface area contributed by atoms with Crippen LogP contribution in [0, 0.1) is 0 Å². The number of rotatable bonds is 6. The first-order chi connectivity index (χ1) is 11.8. The fraction of sp³-hybridized carbons (Fsp3) is 0.136. The Morgan fingerprint density at radius 3 is 1.88 bits per heavy atom. The van der Waals surface area contributed by atoms with Crippen LogP contribution in [0.3, 0.4) is 0 Å². The monoisotopic (exact) mass is 332 g/mol. The van der Waals surface area contributed by atoms with Gasteiger partial charge in [0.25, 0.3) is 0 Å². The Morgan fingerprint density at radius 2 is 1.29 bits per heavy atom. The Morgan fingerprint density at radius 1 is 0.750 bits per heavy atom. The molecule has 0 radical (unpaired) electrons. The van der Waals surface area contributed by atoms with Crippen LogP contribution >= 0.6 is 11.8 Å². The zero-order valence-electron chi connectivity index (χ0n) is 13.7. The lowest BCUT2D eigenvalue weighted by Crippen LogP contribution is -2.00. The van der Waals surface area contributed by atoms with E-state index in [1.165, 1.54) is 16.9 Å². The maximum atomic E-state index is 12.4. The lowest BCUT2D eigenvalue weighted by molar-refractivity contribution is 0.103. The quantitative estimate of drug-likeness (QED) is 0.513. The van der Waals surface area contributed by atoms with E-state index >= 15 is 0 Å². The van der Waals surface area contributed by atoms with Gasteiger partial charge < -0.3 is 0 Å². The van der Waals surface area contributed by atoms with Crippen molar-refractivity contribution in [3.63, 3.8) is 0 Å². The lowest BCUT2D eigenvalue weighted by atomic mass is 10.0. The summed E-state index contributed by atoms with van der Waals surface area (Å²) in [5.74, 6) is 0.0658. The van der Waals surface area contributed by atoms with E-state index in [4.69, 9.17) is 0 Å². The third-order valence-corrected chi connectivity index (χ3v) is 4.87. The van der Waals surface area contributed by atoms with Gasteiger partial charge in [-0.05, 0) is 48.4 Å². The number of hydrogen-bond donors (Lipinski definition) is 0. The Hall–Kier alpha value is -2.32. The Balaban J connectivity index is 1.69. The van der Waals surface area contributed by atoms with Gasteiger partial charge in [0.2, 0.25) is 0 Å². The SMILES string of the molecule is CCCc1ccc(Sc2ccc(C(=O)c3ccccc3)cc2)cc1. The summed E-state index contributed by atoms with van der Waals surface area (Å²) < 4.78 is 0. The van der Waals surface area contributed by atoms with E-state index in [-0.39, 0.29) is 5.78 Å². The highest BCUT2D eigenvalue weighted by molar-refractivity contribution is 7.99. The highest BCUT2D eigenvalue weighted by Crippen LogP contribution is 2.28. The van der Waals surface area contributed by atoms with Crippen LogP contribution in [0.4, 0.5) is 0 Å². The molecule has 2 heteroatoms. The zero-order valence-corrected chi connectivity index (χ0v) is 14.6. The minimum Gasteiger partial charge on any atom is -0.289 e. The van der Waals surface area contributed by atoms with Crippen LogP contribution in [-0.4, -0.2) is 5.78 Å². The number of hydrogen-bond acceptors (Lipinski definition) is 2. The van der Waals surface area contributed by atoms with Crippen LogP contribution in [0.2, 0.25) is 0 Å². The summed E-state index contributed by atoms with van der Waals surface area (Å²) in [6.07, 6.45) is 2.30. The molecule has 0 amide bonds. The molecular formula is C22H20OS. The minimum atomic E-state index is 0.0658. The van der Waals surface area contributed by atoms with Crippen molar-refractivity contribution < 1.29 is 4.79 Å². The van der Waals surface area contributed by atoms with Gasteiger partial charge in [0.15, 0.2) is 5.78 Å². The molecule has 0 atom stereocenters. The normalized spacial score (nSPS) is 10.5. The van der Waals surface area contributed by atoms with Crippen molar-refractivity contribution in [1.82, 2.24) is 0 Å². The van der Waals surface area contributed by atoms with Crippen molar-refractivity contribution in [2.45, 2.75) is 29.6 Å². The summed E-state index contributed by atoms with van der Waals surface area (Å²) in [5.41, 5.74) is 2.83. The van der Waals surface area contributed by atoms with Gasteiger partial charge in [-0.15, -0.1) is 0 Å². The van der Waals surface area contributed by atoms with Gasteiger partial charge in [0, 0.05) is 20.9 Å². The predicted molar refractivity (Wildman–Crippen MR) is 101 cm³/mol.